The minimum absolute atomic E-state index is 0.00332. The number of nitrogen functional groups attached to an aromatic ring is 2. The van der Waals surface area contributed by atoms with Gasteiger partial charge >= 0.3 is 12.1 Å². The molecular formula is C90H135N15O25. The van der Waals surface area contributed by atoms with Gasteiger partial charge in [-0.05, 0) is 132 Å². The number of hydrogen-bond acceptors (Lipinski definition) is 34. The summed E-state index contributed by atoms with van der Waals surface area (Å²) in [6.07, 6.45) is 12.7. The Morgan fingerprint density at radius 2 is 1.36 bits per heavy atom. The van der Waals surface area contributed by atoms with E-state index in [1.807, 2.05) is 56.4 Å². The molecule has 14 atom stereocenters. The van der Waals surface area contributed by atoms with E-state index >= 15 is 0 Å². The predicted molar refractivity (Wildman–Crippen MR) is 474 cm³/mol. The number of carbonyl (C=O) groups excluding carboxylic acids is 8. The summed E-state index contributed by atoms with van der Waals surface area (Å²) >= 11 is 0. The van der Waals surface area contributed by atoms with Crippen molar-refractivity contribution in [2.75, 3.05) is 158 Å². The molecule has 7 heterocycles. The van der Waals surface area contributed by atoms with E-state index in [9.17, 15) is 53.7 Å². The number of fused-ring (bicyclic) bond motifs is 5. The quantitative estimate of drug-likeness (QED) is 0.0102. The molecule has 3 fully saturated rings. The molecule has 0 radical (unpaired) electrons. The highest BCUT2D eigenvalue weighted by molar-refractivity contribution is 6.39. The summed E-state index contributed by atoms with van der Waals surface area (Å²) in [5, 5.41) is 56.8. The molecule has 4 amide bonds. The molecule has 2 saturated heterocycles. The van der Waals surface area contributed by atoms with Gasteiger partial charge in [0, 0.05) is 102 Å². The Morgan fingerprint density at radius 3 is 2.03 bits per heavy atom. The average Bonchev–Trinajstić information content (AvgIpc) is 1.59. The number of hydrogen-bond donors (Lipinski definition) is 9. The van der Waals surface area contributed by atoms with E-state index in [1.165, 1.54) is 19.3 Å². The Balaban J connectivity index is 0.574. The number of aliphatic hydroxyl groups excluding tert-OH is 2. The number of aliphatic hydroxyl groups is 3. The van der Waals surface area contributed by atoms with E-state index in [0.717, 1.165) is 28.9 Å². The third-order valence-electron chi connectivity index (χ3n) is 23.4. The third-order valence-corrected chi connectivity index (χ3v) is 23.4. The van der Waals surface area contributed by atoms with Crippen LogP contribution < -0.4 is 33.2 Å². The molecule has 5 aromatic rings. The highest BCUT2D eigenvalue weighted by Gasteiger charge is 2.50. The summed E-state index contributed by atoms with van der Waals surface area (Å²) in [5.41, 5.74) is 23.6. The first-order chi connectivity index (χ1) is 62.7. The molecule has 1 aliphatic carbocycles. The van der Waals surface area contributed by atoms with Crippen LogP contribution in [0.5, 0.6) is 0 Å². The summed E-state index contributed by atoms with van der Waals surface area (Å²) in [6.45, 7) is 15.0. The fourth-order valence-corrected chi connectivity index (χ4v) is 16.1. The molecule has 0 unspecified atom stereocenters. The Bertz CT molecular complexity index is 4520. The zero-order valence-corrected chi connectivity index (χ0v) is 76.0. The maximum atomic E-state index is 14.6. The summed E-state index contributed by atoms with van der Waals surface area (Å²) in [5.74, 6) is -8.37. The number of esters is 1. The number of carbonyl (C=O) groups is 8. The van der Waals surface area contributed by atoms with Crippen molar-refractivity contribution < 1.29 is 120 Å². The van der Waals surface area contributed by atoms with Crippen LogP contribution in [0.2, 0.25) is 0 Å². The number of rotatable bonds is 44. The minimum Gasteiger partial charge on any atom is -0.459 e. The molecule has 0 spiro atoms. The number of benzene rings is 1. The number of alkyl carbamates (subject to hydrolysis) is 1. The van der Waals surface area contributed by atoms with Gasteiger partial charge in [-0.3, -0.25) is 28.8 Å². The number of nitrogens with two attached hydrogens (primary N) is 3. The first-order valence-electron chi connectivity index (χ1n) is 45.2. The first-order valence-corrected chi connectivity index (χ1v) is 45.2. The number of methoxy groups -OCH3 is 2. The summed E-state index contributed by atoms with van der Waals surface area (Å²) < 4.78 is 82.9. The van der Waals surface area contributed by atoms with Gasteiger partial charge in [0.15, 0.2) is 17.0 Å². The van der Waals surface area contributed by atoms with Crippen LogP contribution in [0.3, 0.4) is 0 Å². The van der Waals surface area contributed by atoms with Crippen molar-refractivity contribution in [2.45, 2.75) is 217 Å². The SMILES string of the molecule is CO[C@H]1C[C@@H]2CCC[C@@](O)(O2)C(=O)C(=O)N2CCCC[C@H]2C(=O)O[C@H]([C@H](N)C[C@@H]2CC[C@H](n3cc(COC(=O)NCCOCCOCCOCCOCCC(=O)NCCOCCOCCOCCOCCC(=O)NCCCCn4nc(-c5ccc6oc(N)nc6c5)c5c(N)ncnc54)nn3)[C@H](OC)C2)CC(=O)[C@H](C)/C=C(\C)[C@@H](O)[C@@H](O)C(=O)[C@H](C)C[C@H](C)/C=C/C=C/C=C/1C. The number of nitrogens with zero attached hydrogens (tertiary/aromatic N) is 9. The number of ether oxygens (including phenoxy) is 13. The monoisotopic (exact) mass is 1830 g/mol. The largest absolute Gasteiger partial charge is 0.459 e. The minimum atomic E-state index is -2.47. The zero-order chi connectivity index (χ0) is 93.3. The highest BCUT2D eigenvalue weighted by atomic mass is 16.6. The number of amides is 4. The fraction of sp³-hybridized carbons (Fsp3) is 0.667. The van der Waals surface area contributed by atoms with Crippen LogP contribution in [0.15, 0.2) is 82.7 Å². The van der Waals surface area contributed by atoms with Gasteiger partial charge in [-0.2, -0.15) is 10.1 Å². The number of allylic oxidation sites excluding steroid dienone is 6. The molecule has 1 aromatic carbocycles. The van der Waals surface area contributed by atoms with E-state index in [-0.39, 0.29) is 126 Å². The van der Waals surface area contributed by atoms with Crippen molar-refractivity contribution in [1.29, 1.82) is 0 Å². The first kappa shape index (κ1) is 104. The van der Waals surface area contributed by atoms with Gasteiger partial charge in [0.05, 0.1) is 142 Å². The normalized spacial score (nSPS) is 25.5. The smallest absolute Gasteiger partial charge is 0.407 e. The molecule has 1 saturated carbocycles. The lowest BCUT2D eigenvalue weighted by molar-refractivity contribution is -0.245. The number of piperidine rings is 1. The van der Waals surface area contributed by atoms with Crippen LogP contribution in [-0.4, -0.2) is 308 Å². The number of ketones is 3. The van der Waals surface area contributed by atoms with Gasteiger partial charge in [0.2, 0.25) is 17.6 Å². The van der Waals surface area contributed by atoms with Crippen molar-refractivity contribution in [3.05, 3.63) is 84.0 Å². The second-order valence-corrected chi connectivity index (χ2v) is 33.3. The van der Waals surface area contributed by atoms with Crippen LogP contribution in [0, 0.1) is 23.7 Å². The van der Waals surface area contributed by atoms with Gasteiger partial charge in [0.25, 0.3) is 17.7 Å². The van der Waals surface area contributed by atoms with Gasteiger partial charge < -0.3 is 119 Å². The van der Waals surface area contributed by atoms with E-state index < -0.39 is 108 Å². The van der Waals surface area contributed by atoms with Gasteiger partial charge in [-0.15, -0.1) is 5.10 Å². The van der Waals surface area contributed by atoms with Gasteiger partial charge in [0.1, 0.15) is 65.8 Å². The lowest BCUT2D eigenvalue weighted by Gasteiger charge is -2.40. The molecule has 12 N–H and O–H groups in total. The molecule has 2 bridgehead atoms. The summed E-state index contributed by atoms with van der Waals surface area (Å²) in [4.78, 5) is 122. The van der Waals surface area contributed by atoms with Crippen LogP contribution in [0.1, 0.15) is 156 Å². The molecule has 9 rings (SSSR count). The Labute approximate surface area is 757 Å². The topological polar surface area (TPSA) is 535 Å². The van der Waals surface area contributed by atoms with E-state index in [0.29, 0.717) is 190 Å². The lowest BCUT2D eigenvalue weighted by atomic mass is 9.79. The number of Topliss-reactive ketones (excluding diaryl/α,β-unsaturated/α-hetero) is 3. The lowest BCUT2D eigenvalue weighted by Crippen LogP contribution is -2.58. The van der Waals surface area contributed by atoms with Crippen molar-refractivity contribution >= 4 is 81.1 Å². The Morgan fingerprint density at radius 1 is 0.708 bits per heavy atom. The third kappa shape index (κ3) is 33.3. The van der Waals surface area contributed by atoms with Crippen molar-refractivity contribution in [2.24, 2.45) is 29.4 Å². The van der Waals surface area contributed by atoms with Crippen molar-refractivity contribution in [1.82, 2.24) is 60.6 Å². The van der Waals surface area contributed by atoms with Crippen molar-refractivity contribution in [3.8, 4) is 11.3 Å². The molecule has 40 heteroatoms. The standard InChI is InChI=1S/C90H135N15O25/c1-58-16-9-8-10-17-59(2)73(117-6)53-66-18-15-26-90(116,130-66)83(112)86(113)103-30-13-11-19-70(103)87(114)128-74(54-71(106)60(3)49-62(5)81(110)82(111)80(109)61(4)48-58)67(91)50-63-20-22-69(75(51-63)118-7)105-55-65(100-102-105)56-127-89(115)96-29-35-122-39-43-126-47-45-124-41-37-120-33-25-77(108)95-28-34-121-38-42-125-46-44-123-40-36-119-32-24-76(107)94-27-12-14-31-104-85-78(84(92)97-57-98-85)79(101-104)64-21-23-72-68(52-64)99-88(93)129-72/h8-10,16-17,21,23,49,52,55,57-58,60-61,63,66-67,69-70,73-75,81-82,110-111,116H,11-15,18-20,22,24-48,50-51,53-54,56,91H2,1-7H3,(H2,93,99)(H,94,107)(H,95,108)(H,96,115)(H2,92,97,98)/b10-8+,16-9+,59-17+,62-49+/t58-,60-,61-,63+,66+,67-,69+,70+,73+,74+,75-,81-,82+,90-/m1/s1. The Hall–Kier alpha value is -9.50. The van der Waals surface area contributed by atoms with Crippen LogP contribution in [-0.2, 0) is 108 Å². The molecule has 3 aliphatic heterocycles. The van der Waals surface area contributed by atoms with E-state index in [2.05, 4.69) is 41.2 Å². The molecule has 720 valence electrons. The highest BCUT2D eigenvalue weighted by Crippen LogP contribution is 2.39. The number of nitrogens with one attached hydrogen (secondary N) is 3. The maximum Gasteiger partial charge on any atom is 0.407 e. The number of anilines is 2. The van der Waals surface area contributed by atoms with E-state index in [1.54, 1.807) is 49.7 Å². The van der Waals surface area contributed by atoms with E-state index in [4.69, 9.17) is 88.3 Å². The second-order valence-electron chi connectivity index (χ2n) is 33.3. The molecule has 4 aromatic heterocycles. The maximum absolute atomic E-state index is 14.6. The van der Waals surface area contributed by atoms with Crippen LogP contribution >= 0.6 is 0 Å². The number of cyclic esters (lactones) is 1. The fourth-order valence-electron chi connectivity index (χ4n) is 16.1. The summed E-state index contributed by atoms with van der Waals surface area (Å²) in [7, 11) is 3.12. The number of aryl methyl sites for hydroxylation is 1. The number of aromatic nitrogens is 8. The molecule has 4 aliphatic rings. The molecular weight excluding hydrogens is 1690 g/mol. The molecule has 40 nitrogen and oxygen atoms in total. The second kappa shape index (κ2) is 55.1. The average molecular weight is 1830 g/mol. The van der Waals surface area contributed by atoms with Crippen LogP contribution in [0.25, 0.3) is 33.4 Å². The molecule has 130 heavy (non-hydrogen) atoms. The van der Waals surface area contributed by atoms with Crippen LogP contribution in [0.4, 0.5) is 16.6 Å². The zero-order valence-electron chi connectivity index (χ0n) is 76.0. The van der Waals surface area contributed by atoms with Crippen molar-refractivity contribution in [3.63, 3.8) is 0 Å². The summed E-state index contributed by atoms with van der Waals surface area (Å²) in [6, 6.07) is 3.04. The predicted octanol–water partition coefficient (Wildman–Crippen LogP) is 5.41. The van der Waals surface area contributed by atoms with Gasteiger partial charge in [-0.1, -0.05) is 62.4 Å². The number of unbranched alkanes of at least 4 members (excludes halogenated alkanes) is 1. The van der Waals surface area contributed by atoms with Gasteiger partial charge in [-0.25, -0.2) is 28.9 Å². The number of oxazole rings is 1. The Kier molecular flexibility index (Phi) is 44.2.